The van der Waals surface area contributed by atoms with Crippen molar-refractivity contribution in [3.05, 3.63) is 48.4 Å². The number of anilines is 3. The molecule has 1 unspecified atom stereocenters. The van der Waals surface area contributed by atoms with Gasteiger partial charge in [-0.1, -0.05) is 0 Å². The number of nitrogens with one attached hydrogen (secondary N) is 3. The number of hydrogen-bond acceptors (Lipinski definition) is 11. The van der Waals surface area contributed by atoms with Crippen LogP contribution in [0.3, 0.4) is 0 Å². The summed E-state index contributed by atoms with van der Waals surface area (Å²) in [6, 6.07) is 8.93. The summed E-state index contributed by atoms with van der Waals surface area (Å²) in [7, 11) is -1.36. The summed E-state index contributed by atoms with van der Waals surface area (Å²) in [5.74, 6) is 1.22. The van der Waals surface area contributed by atoms with Gasteiger partial charge in [-0.3, -0.25) is 9.53 Å². The van der Waals surface area contributed by atoms with Crippen LogP contribution in [0.4, 0.5) is 22.2 Å². The number of ether oxygens (including phenoxy) is 1. The third-order valence-corrected chi connectivity index (χ3v) is 8.97. The molecule has 3 aromatic rings. The molecule has 1 aromatic carbocycles. The Morgan fingerprint density at radius 1 is 1.12 bits per heavy atom. The lowest BCUT2D eigenvalue weighted by Crippen LogP contribution is -2.44. The van der Waals surface area contributed by atoms with E-state index in [-0.39, 0.29) is 31.7 Å². The van der Waals surface area contributed by atoms with Crippen LogP contribution in [0.15, 0.2) is 47.6 Å². The van der Waals surface area contributed by atoms with Gasteiger partial charge in [0.25, 0.3) is 0 Å². The van der Waals surface area contributed by atoms with Crippen molar-refractivity contribution < 1.29 is 24.0 Å². The Bertz CT molecular complexity index is 1370. The average molecular weight is 583 g/mol. The van der Waals surface area contributed by atoms with E-state index in [2.05, 4.69) is 37.7 Å². The topological polar surface area (TPSA) is 175 Å². The molecular formula is C27H34N8O5S. The van der Waals surface area contributed by atoms with E-state index >= 15 is 0 Å². The molecule has 2 aliphatic rings. The maximum Gasteiger partial charge on any atom is 0.321 e. The number of amides is 2. The molecule has 1 saturated carbocycles. The second-order valence-corrected chi connectivity index (χ2v) is 11.7. The summed E-state index contributed by atoms with van der Waals surface area (Å²) in [4.78, 5) is 33.0. The molecular weight excluding hydrogens is 548 g/mol. The van der Waals surface area contributed by atoms with Crippen molar-refractivity contribution in [2.75, 3.05) is 61.6 Å². The van der Waals surface area contributed by atoms with Crippen molar-refractivity contribution in [2.24, 2.45) is 0 Å². The van der Waals surface area contributed by atoms with Gasteiger partial charge in [-0.15, -0.1) is 0 Å². The molecule has 0 spiro atoms. The third kappa shape index (κ3) is 6.62. The van der Waals surface area contributed by atoms with Crippen molar-refractivity contribution in [3.63, 3.8) is 0 Å². The van der Waals surface area contributed by atoms with Gasteiger partial charge in [-0.05, 0) is 44.0 Å². The molecule has 2 aromatic heterocycles. The Morgan fingerprint density at radius 3 is 2.51 bits per heavy atom. The van der Waals surface area contributed by atoms with Crippen LogP contribution in [0, 0.1) is 0 Å². The van der Waals surface area contributed by atoms with E-state index in [0.717, 1.165) is 24.3 Å². The Morgan fingerprint density at radius 2 is 1.85 bits per heavy atom. The van der Waals surface area contributed by atoms with Gasteiger partial charge in [0.05, 0.1) is 59.3 Å². The Hall–Kier alpha value is -3.72. The number of morpholine rings is 1. The van der Waals surface area contributed by atoms with Crippen LogP contribution < -0.4 is 20.9 Å². The van der Waals surface area contributed by atoms with Gasteiger partial charge in [-0.25, -0.2) is 24.7 Å². The van der Waals surface area contributed by atoms with Crippen LogP contribution in [0.5, 0.6) is 0 Å². The summed E-state index contributed by atoms with van der Waals surface area (Å²) in [5.41, 5.74) is 2.10. The number of carbonyl (C=O) groups excluding carboxylic acids is 1. The Labute approximate surface area is 240 Å². The van der Waals surface area contributed by atoms with Gasteiger partial charge >= 0.3 is 6.03 Å². The van der Waals surface area contributed by atoms with Gasteiger partial charge in [0.15, 0.2) is 5.82 Å². The van der Waals surface area contributed by atoms with Crippen LogP contribution in [0.2, 0.25) is 0 Å². The van der Waals surface area contributed by atoms with E-state index in [1.807, 2.05) is 30.3 Å². The van der Waals surface area contributed by atoms with Gasteiger partial charge in [0.2, 0.25) is 5.95 Å². The predicted molar refractivity (Wildman–Crippen MR) is 154 cm³/mol. The molecule has 1 aliphatic carbocycles. The fraction of sp³-hybridized carbons (Fsp3) is 0.444. The number of aliphatic hydroxyl groups is 2. The highest BCUT2D eigenvalue weighted by atomic mass is 32.2. The summed E-state index contributed by atoms with van der Waals surface area (Å²) in [6.45, 7) is 4.29. The molecule has 2 atom stereocenters. The highest BCUT2D eigenvalue weighted by molar-refractivity contribution is 7.86. The third-order valence-electron chi connectivity index (χ3n) is 6.94. The standard InChI is InChI=1S/C27H34N8O5S/c1-18-17-40-13-10-35(18)23-14-22(27(6-7-27)41(39)21-4-2-20(3-5-21)28-8-11-36)32-24(33-23)19-15-30-25(31-16-19)34-26(38)29-9-12-37/h2-5,14-16,18,28,36-37H,6-13,17H2,1H3,(H2,29,30,31,34,38)/t18-,41?/m0/s1. The highest BCUT2D eigenvalue weighted by Crippen LogP contribution is 2.53. The molecule has 13 nitrogen and oxygen atoms in total. The summed E-state index contributed by atoms with van der Waals surface area (Å²) in [6.07, 6.45) is 4.52. The van der Waals surface area contributed by atoms with Crippen LogP contribution in [-0.4, -0.2) is 92.5 Å². The van der Waals surface area contributed by atoms with E-state index in [0.29, 0.717) is 48.3 Å². The van der Waals surface area contributed by atoms with Crippen LogP contribution in [-0.2, 0) is 20.3 Å². The number of rotatable bonds is 11. The average Bonchev–Trinajstić information content (AvgIpc) is 3.82. The fourth-order valence-corrected chi connectivity index (χ4v) is 6.21. The number of urea groups is 1. The van der Waals surface area contributed by atoms with E-state index in [1.165, 1.54) is 12.4 Å². The number of aromatic nitrogens is 4. The molecule has 1 saturated heterocycles. The molecule has 14 heteroatoms. The smallest absolute Gasteiger partial charge is 0.321 e. The first-order valence-electron chi connectivity index (χ1n) is 13.5. The zero-order chi connectivity index (χ0) is 28.8. The number of benzene rings is 1. The first-order valence-corrected chi connectivity index (χ1v) is 14.7. The lowest BCUT2D eigenvalue weighted by molar-refractivity contribution is 0.0985. The molecule has 5 N–H and O–H groups in total. The van der Waals surface area contributed by atoms with E-state index in [1.54, 1.807) is 0 Å². The summed E-state index contributed by atoms with van der Waals surface area (Å²) in [5, 5.41) is 26.0. The summed E-state index contributed by atoms with van der Waals surface area (Å²) < 4.78 is 18.9. The lowest BCUT2D eigenvalue weighted by atomic mass is 10.2. The minimum atomic E-state index is -1.36. The van der Waals surface area contributed by atoms with Gasteiger partial charge in [0, 0.05) is 48.7 Å². The second kappa shape index (κ2) is 12.9. The molecule has 218 valence electrons. The molecule has 3 heterocycles. The number of nitrogens with zero attached hydrogens (tertiary/aromatic N) is 5. The molecule has 0 radical (unpaired) electrons. The molecule has 0 bridgehead atoms. The van der Waals surface area contributed by atoms with Crippen molar-refractivity contribution in [3.8, 4) is 11.4 Å². The molecule has 41 heavy (non-hydrogen) atoms. The van der Waals surface area contributed by atoms with Crippen molar-refractivity contribution in [2.45, 2.75) is 35.4 Å². The first-order chi connectivity index (χ1) is 19.9. The van der Waals surface area contributed by atoms with Crippen LogP contribution in [0.1, 0.15) is 25.5 Å². The Kier molecular flexibility index (Phi) is 9.03. The minimum Gasteiger partial charge on any atom is -0.395 e. The minimum absolute atomic E-state index is 0.0289. The van der Waals surface area contributed by atoms with Gasteiger partial charge in [0.1, 0.15) is 5.82 Å². The highest BCUT2D eigenvalue weighted by Gasteiger charge is 2.52. The second-order valence-electron chi connectivity index (χ2n) is 9.89. The molecule has 5 rings (SSSR count). The predicted octanol–water partition coefficient (Wildman–Crippen LogP) is 1.47. The quantitative estimate of drug-likeness (QED) is 0.221. The van der Waals surface area contributed by atoms with Crippen molar-refractivity contribution in [1.29, 1.82) is 0 Å². The molecule has 1 aliphatic heterocycles. The van der Waals surface area contributed by atoms with E-state index < -0.39 is 21.6 Å². The number of aliphatic hydroxyl groups excluding tert-OH is 2. The Balaban J connectivity index is 1.46. The monoisotopic (exact) mass is 582 g/mol. The zero-order valence-electron chi connectivity index (χ0n) is 22.7. The fourth-order valence-electron chi connectivity index (χ4n) is 4.61. The van der Waals surface area contributed by atoms with Crippen molar-refractivity contribution in [1.82, 2.24) is 25.3 Å². The largest absolute Gasteiger partial charge is 0.395 e. The van der Waals surface area contributed by atoms with E-state index in [9.17, 15) is 9.00 Å². The number of hydrogen-bond donors (Lipinski definition) is 5. The maximum atomic E-state index is 13.9. The van der Waals surface area contributed by atoms with Crippen LogP contribution >= 0.6 is 0 Å². The summed E-state index contributed by atoms with van der Waals surface area (Å²) >= 11 is 0. The van der Waals surface area contributed by atoms with Crippen molar-refractivity contribution >= 4 is 34.3 Å². The van der Waals surface area contributed by atoms with Gasteiger partial charge in [-0.2, -0.15) is 0 Å². The lowest BCUT2D eigenvalue weighted by Gasteiger charge is -2.34. The SMILES string of the molecule is C[C@H]1COCCN1c1cc(C2(S(=O)c3ccc(NCCO)cc3)CC2)nc(-c2cnc(NC(=O)NCCO)nc2)n1. The molecule has 2 amide bonds. The molecule has 2 fully saturated rings. The van der Waals surface area contributed by atoms with E-state index in [4.69, 9.17) is 24.9 Å². The van der Waals surface area contributed by atoms with Gasteiger partial charge < -0.3 is 30.5 Å². The zero-order valence-corrected chi connectivity index (χ0v) is 23.6. The first kappa shape index (κ1) is 28.8. The number of carbonyl (C=O) groups is 1. The maximum absolute atomic E-state index is 13.9. The van der Waals surface area contributed by atoms with Crippen LogP contribution in [0.25, 0.3) is 11.4 Å². The normalized spacial score (nSPS) is 18.4.